The van der Waals surface area contributed by atoms with Crippen LogP contribution in [-0.2, 0) is 5.41 Å². The molecule has 1 aliphatic rings. The fraction of sp³-hybridized carbons (Fsp3) is 0.500. The standard InChI is InChI=1S/C12H15ClO/c1-2-14-11-5-3-10(4-6-11)12(9-13)7-8-12/h3-6H,2,7-9H2,1H3. The highest BCUT2D eigenvalue weighted by Crippen LogP contribution is 2.49. The molecule has 1 aromatic carbocycles. The van der Waals surface area contributed by atoms with Crippen molar-refractivity contribution in [1.29, 1.82) is 0 Å². The summed E-state index contributed by atoms with van der Waals surface area (Å²) in [5, 5.41) is 0. The van der Waals surface area contributed by atoms with Gasteiger partial charge in [0, 0.05) is 11.3 Å². The van der Waals surface area contributed by atoms with Crippen LogP contribution in [0, 0.1) is 0 Å². The molecular formula is C12H15ClO. The van der Waals surface area contributed by atoms with Crippen molar-refractivity contribution >= 4 is 11.6 Å². The van der Waals surface area contributed by atoms with Crippen LogP contribution in [0.3, 0.4) is 0 Å². The van der Waals surface area contributed by atoms with Crippen molar-refractivity contribution in [3.8, 4) is 5.75 Å². The third-order valence-corrected chi connectivity index (χ3v) is 3.40. The first-order chi connectivity index (χ1) is 6.80. The van der Waals surface area contributed by atoms with Gasteiger partial charge >= 0.3 is 0 Å². The van der Waals surface area contributed by atoms with Crippen molar-refractivity contribution in [1.82, 2.24) is 0 Å². The Morgan fingerprint density at radius 2 is 1.93 bits per heavy atom. The quantitative estimate of drug-likeness (QED) is 0.693. The van der Waals surface area contributed by atoms with Crippen molar-refractivity contribution in [2.45, 2.75) is 25.2 Å². The Balaban J connectivity index is 2.14. The van der Waals surface area contributed by atoms with E-state index in [4.69, 9.17) is 16.3 Å². The molecule has 0 unspecified atom stereocenters. The van der Waals surface area contributed by atoms with Crippen molar-refractivity contribution in [3.05, 3.63) is 29.8 Å². The molecule has 1 nitrogen and oxygen atoms in total. The van der Waals surface area contributed by atoms with Crippen LogP contribution in [-0.4, -0.2) is 12.5 Å². The number of hydrogen-bond donors (Lipinski definition) is 0. The van der Waals surface area contributed by atoms with Crippen molar-refractivity contribution < 1.29 is 4.74 Å². The molecule has 0 spiro atoms. The van der Waals surface area contributed by atoms with Gasteiger partial charge in [-0.3, -0.25) is 0 Å². The van der Waals surface area contributed by atoms with Gasteiger partial charge in [0.05, 0.1) is 6.61 Å². The summed E-state index contributed by atoms with van der Waals surface area (Å²) < 4.78 is 5.39. The topological polar surface area (TPSA) is 9.23 Å². The summed E-state index contributed by atoms with van der Waals surface area (Å²) in [4.78, 5) is 0. The maximum Gasteiger partial charge on any atom is 0.119 e. The molecule has 2 rings (SSSR count). The molecule has 0 radical (unpaired) electrons. The van der Waals surface area contributed by atoms with E-state index < -0.39 is 0 Å². The minimum absolute atomic E-state index is 0.284. The molecule has 14 heavy (non-hydrogen) atoms. The van der Waals surface area contributed by atoms with E-state index in [9.17, 15) is 0 Å². The fourth-order valence-electron chi connectivity index (χ4n) is 1.72. The lowest BCUT2D eigenvalue weighted by Gasteiger charge is -2.12. The van der Waals surface area contributed by atoms with Gasteiger partial charge in [0.1, 0.15) is 5.75 Å². The minimum Gasteiger partial charge on any atom is -0.494 e. The van der Waals surface area contributed by atoms with E-state index in [1.165, 1.54) is 18.4 Å². The molecule has 0 atom stereocenters. The van der Waals surface area contributed by atoms with E-state index in [2.05, 4.69) is 12.1 Å². The van der Waals surface area contributed by atoms with E-state index in [-0.39, 0.29) is 5.41 Å². The highest BCUT2D eigenvalue weighted by molar-refractivity contribution is 6.19. The molecule has 0 saturated heterocycles. The molecule has 0 heterocycles. The van der Waals surface area contributed by atoms with Gasteiger partial charge in [-0.05, 0) is 37.5 Å². The normalized spacial score (nSPS) is 17.9. The van der Waals surface area contributed by atoms with Gasteiger partial charge in [0.15, 0.2) is 0 Å². The molecule has 1 aliphatic carbocycles. The maximum absolute atomic E-state index is 5.96. The van der Waals surface area contributed by atoms with Crippen LogP contribution in [0.5, 0.6) is 5.75 Å². The first kappa shape index (κ1) is 9.85. The Kier molecular flexibility index (Phi) is 2.69. The predicted octanol–water partition coefficient (Wildman–Crippen LogP) is 3.36. The smallest absolute Gasteiger partial charge is 0.119 e. The van der Waals surface area contributed by atoms with Gasteiger partial charge in [0.25, 0.3) is 0 Å². The molecular weight excluding hydrogens is 196 g/mol. The van der Waals surface area contributed by atoms with Crippen LogP contribution >= 0.6 is 11.6 Å². The van der Waals surface area contributed by atoms with Crippen molar-refractivity contribution in [2.75, 3.05) is 12.5 Å². The average molecular weight is 211 g/mol. The summed E-state index contributed by atoms with van der Waals surface area (Å²) in [6, 6.07) is 8.34. The van der Waals surface area contributed by atoms with Crippen LogP contribution in [0.1, 0.15) is 25.3 Å². The van der Waals surface area contributed by atoms with Gasteiger partial charge in [-0.1, -0.05) is 12.1 Å². The minimum atomic E-state index is 0.284. The molecule has 0 N–H and O–H groups in total. The zero-order valence-corrected chi connectivity index (χ0v) is 9.18. The van der Waals surface area contributed by atoms with E-state index in [1.807, 2.05) is 19.1 Å². The SMILES string of the molecule is CCOc1ccc(C2(CCl)CC2)cc1. The fourth-order valence-corrected chi connectivity index (χ4v) is 2.14. The van der Waals surface area contributed by atoms with Gasteiger partial charge in [0.2, 0.25) is 0 Å². The van der Waals surface area contributed by atoms with Crippen molar-refractivity contribution in [2.24, 2.45) is 0 Å². The molecule has 2 heteroatoms. The molecule has 0 bridgehead atoms. The molecule has 0 amide bonds. The molecule has 1 aromatic rings. The van der Waals surface area contributed by atoms with Crippen LogP contribution in [0.4, 0.5) is 0 Å². The Bertz CT molecular complexity index is 301. The summed E-state index contributed by atoms with van der Waals surface area (Å²) >= 11 is 5.96. The Labute approximate surface area is 90.0 Å². The monoisotopic (exact) mass is 210 g/mol. The zero-order valence-electron chi connectivity index (χ0n) is 8.42. The lowest BCUT2D eigenvalue weighted by Crippen LogP contribution is -2.07. The van der Waals surface area contributed by atoms with Gasteiger partial charge in [-0.25, -0.2) is 0 Å². The summed E-state index contributed by atoms with van der Waals surface area (Å²) in [7, 11) is 0. The lowest BCUT2D eigenvalue weighted by atomic mass is 9.98. The van der Waals surface area contributed by atoms with E-state index in [0.29, 0.717) is 0 Å². The second-order valence-corrected chi connectivity index (χ2v) is 4.14. The highest BCUT2D eigenvalue weighted by atomic mass is 35.5. The molecule has 1 saturated carbocycles. The van der Waals surface area contributed by atoms with Gasteiger partial charge < -0.3 is 4.74 Å². The summed E-state index contributed by atoms with van der Waals surface area (Å²) in [6.45, 7) is 2.72. The maximum atomic E-state index is 5.96. The van der Waals surface area contributed by atoms with E-state index in [0.717, 1.165) is 18.2 Å². The predicted molar refractivity (Wildman–Crippen MR) is 59.2 cm³/mol. The Morgan fingerprint density at radius 3 is 2.36 bits per heavy atom. The van der Waals surface area contributed by atoms with E-state index >= 15 is 0 Å². The summed E-state index contributed by atoms with van der Waals surface area (Å²) in [5.74, 6) is 1.68. The summed E-state index contributed by atoms with van der Waals surface area (Å²) in [6.07, 6.45) is 2.45. The average Bonchev–Trinajstić information content (AvgIpc) is 3.00. The lowest BCUT2D eigenvalue weighted by molar-refractivity contribution is 0.340. The number of halogens is 1. The molecule has 76 valence electrons. The summed E-state index contributed by atoms with van der Waals surface area (Å²) in [5.41, 5.74) is 1.64. The number of benzene rings is 1. The third kappa shape index (κ3) is 1.74. The number of hydrogen-bond acceptors (Lipinski definition) is 1. The largest absolute Gasteiger partial charge is 0.494 e. The molecule has 1 fully saturated rings. The zero-order chi connectivity index (χ0) is 10.0. The van der Waals surface area contributed by atoms with E-state index in [1.54, 1.807) is 0 Å². The number of ether oxygens (including phenoxy) is 1. The van der Waals surface area contributed by atoms with Crippen LogP contribution < -0.4 is 4.74 Å². The number of alkyl halides is 1. The second-order valence-electron chi connectivity index (χ2n) is 3.87. The molecule has 0 aliphatic heterocycles. The third-order valence-electron chi connectivity index (χ3n) is 2.89. The van der Waals surface area contributed by atoms with Crippen LogP contribution in [0.25, 0.3) is 0 Å². The second kappa shape index (κ2) is 3.82. The van der Waals surface area contributed by atoms with Gasteiger partial charge in [-0.15, -0.1) is 11.6 Å². The van der Waals surface area contributed by atoms with Crippen LogP contribution in [0.15, 0.2) is 24.3 Å². The first-order valence-electron chi connectivity index (χ1n) is 5.10. The highest BCUT2D eigenvalue weighted by Gasteiger charge is 2.43. The van der Waals surface area contributed by atoms with Gasteiger partial charge in [-0.2, -0.15) is 0 Å². The Hall–Kier alpha value is -0.690. The van der Waals surface area contributed by atoms with Crippen LogP contribution in [0.2, 0.25) is 0 Å². The Morgan fingerprint density at radius 1 is 1.29 bits per heavy atom. The number of rotatable bonds is 4. The first-order valence-corrected chi connectivity index (χ1v) is 5.63. The molecule has 0 aromatic heterocycles. The van der Waals surface area contributed by atoms with Crippen molar-refractivity contribution in [3.63, 3.8) is 0 Å².